The van der Waals surface area contributed by atoms with E-state index in [4.69, 9.17) is 23.2 Å². The van der Waals surface area contributed by atoms with Crippen LogP contribution in [0.3, 0.4) is 0 Å². The number of hydrogen-bond acceptors (Lipinski definition) is 1. The third-order valence-corrected chi connectivity index (χ3v) is 4.22. The summed E-state index contributed by atoms with van der Waals surface area (Å²) in [5.41, 5.74) is 3.97. The molecular formula is C19H24Cl3N. The highest BCUT2D eigenvalue weighted by Gasteiger charge is 2.20. The lowest BCUT2D eigenvalue weighted by Crippen LogP contribution is -2.33. The van der Waals surface area contributed by atoms with Crippen LogP contribution in [0.1, 0.15) is 22.7 Å². The van der Waals surface area contributed by atoms with Gasteiger partial charge in [-0.3, -0.25) is 4.90 Å². The number of benzene rings is 2. The van der Waals surface area contributed by atoms with Gasteiger partial charge in [-0.05, 0) is 24.5 Å². The van der Waals surface area contributed by atoms with Gasteiger partial charge in [0.2, 0.25) is 0 Å². The molecule has 126 valence electrons. The molecule has 0 aliphatic heterocycles. The standard InChI is InChI=1S/C19H23Cl2N.ClH/c1-16-6-5-7-17(14-16)15-19(18-8-3-2-4-9-18)22(12-10-20)13-11-21;/h2-9,14,19H,10-13,15H2,1H3;1H. The van der Waals surface area contributed by atoms with Crippen molar-refractivity contribution in [3.8, 4) is 0 Å². The Morgan fingerprint density at radius 1 is 0.913 bits per heavy atom. The largest absolute Gasteiger partial charge is 0.294 e. The van der Waals surface area contributed by atoms with Crippen LogP contribution in [0, 0.1) is 6.92 Å². The summed E-state index contributed by atoms with van der Waals surface area (Å²) < 4.78 is 0. The third kappa shape index (κ3) is 6.35. The van der Waals surface area contributed by atoms with Crippen LogP contribution in [0.4, 0.5) is 0 Å². The summed E-state index contributed by atoms with van der Waals surface area (Å²) >= 11 is 12.0. The highest BCUT2D eigenvalue weighted by molar-refractivity contribution is 6.18. The van der Waals surface area contributed by atoms with Crippen molar-refractivity contribution >= 4 is 35.6 Å². The molecule has 0 spiro atoms. The van der Waals surface area contributed by atoms with E-state index in [1.807, 2.05) is 0 Å². The highest BCUT2D eigenvalue weighted by atomic mass is 35.5. The maximum Gasteiger partial charge on any atom is 0.0389 e. The van der Waals surface area contributed by atoms with Gasteiger partial charge in [0.25, 0.3) is 0 Å². The molecule has 0 N–H and O–H groups in total. The van der Waals surface area contributed by atoms with Gasteiger partial charge in [0.15, 0.2) is 0 Å². The Labute approximate surface area is 156 Å². The van der Waals surface area contributed by atoms with Gasteiger partial charge < -0.3 is 0 Å². The van der Waals surface area contributed by atoms with Crippen LogP contribution in [0.25, 0.3) is 0 Å². The van der Waals surface area contributed by atoms with Gasteiger partial charge >= 0.3 is 0 Å². The maximum absolute atomic E-state index is 6.01. The Bertz CT molecular complexity index is 554. The van der Waals surface area contributed by atoms with Crippen LogP contribution >= 0.6 is 35.6 Å². The molecule has 0 fully saturated rings. The smallest absolute Gasteiger partial charge is 0.0389 e. The molecule has 4 heteroatoms. The molecule has 1 unspecified atom stereocenters. The summed E-state index contributed by atoms with van der Waals surface area (Å²) in [5, 5.41) is 0. The molecule has 23 heavy (non-hydrogen) atoms. The molecule has 0 bridgehead atoms. The van der Waals surface area contributed by atoms with E-state index in [1.54, 1.807) is 0 Å². The second-order valence-corrected chi connectivity index (χ2v) is 6.29. The van der Waals surface area contributed by atoms with E-state index in [1.165, 1.54) is 16.7 Å². The van der Waals surface area contributed by atoms with Crippen molar-refractivity contribution in [3.63, 3.8) is 0 Å². The minimum absolute atomic E-state index is 0. The Hall–Kier alpha value is -0.730. The predicted molar refractivity (Wildman–Crippen MR) is 104 cm³/mol. The van der Waals surface area contributed by atoms with Crippen molar-refractivity contribution in [2.75, 3.05) is 24.8 Å². The van der Waals surface area contributed by atoms with Crippen LogP contribution in [0.2, 0.25) is 0 Å². The number of halogens is 3. The van der Waals surface area contributed by atoms with Crippen LogP contribution < -0.4 is 0 Å². The quantitative estimate of drug-likeness (QED) is 0.554. The van der Waals surface area contributed by atoms with Crippen molar-refractivity contribution < 1.29 is 0 Å². The molecule has 0 radical (unpaired) electrons. The maximum atomic E-state index is 6.01. The van der Waals surface area contributed by atoms with Crippen molar-refractivity contribution in [3.05, 3.63) is 71.3 Å². The molecule has 2 rings (SSSR count). The number of hydrogen-bond donors (Lipinski definition) is 0. The normalized spacial score (nSPS) is 12.0. The fraction of sp³-hybridized carbons (Fsp3) is 0.368. The molecule has 0 amide bonds. The Balaban J connectivity index is 0.00000264. The Kier molecular flexibility index (Phi) is 9.66. The fourth-order valence-corrected chi connectivity index (χ4v) is 3.27. The first-order valence-electron chi connectivity index (χ1n) is 7.71. The first kappa shape index (κ1) is 20.3. The van der Waals surface area contributed by atoms with E-state index in [2.05, 4.69) is 66.4 Å². The highest BCUT2D eigenvalue weighted by Crippen LogP contribution is 2.25. The summed E-state index contributed by atoms with van der Waals surface area (Å²) in [6.45, 7) is 3.83. The summed E-state index contributed by atoms with van der Waals surface area (Å²) in [5.74, 6) is 1.24. The van der Waals surface area contributed by atoms with E-state index in [0.29, 0.717) is 17.8 Å². The average Bonchev–Trinajstić information content (AvgIpc) is 2.53. The van der Waals surface area contributed by atoms with Crippen LogP contribution in [-0.2, 0) is 6.42 Å². The summed E-state index contributed by atoms with van der Waals surface area (Å²) in [6.07, 6.45) is 0.972. The monoisotopic (exact) mass is 371 g/mol. The number of rotatable bonds is 8. The molecule has 0 aromatic heterocycles. The molecule has 0 aliphatic rings. The summed E-state index contributed by atoms with van der Waals surface area (Å²) in [7, 11) is 0. The number of aryl methyl sites for hydroxylation is 1. The minimum Gasteiger partial charge on any atom is -0.294 e. The first-order valence-corrected chi connectivity index (χ1v) is 8.78. The fourth-order valence-electron chi connectivity index (χ4n) is 2.84. The van der Waals surface area contributed by atoms with Gasteiger partial charge in [0.1, 0.15) is 0 Å². The molecule has 0 aliphatic carbocycles. The molecule has 0 heterocycles. The van der Waals surface area contributed by atoms with E-state index < -0.39 is 0 Å². The van der Waals surface area contributed by atoms with Gasteiger partial charge in [-0.2, -0.15) is 0 Å². The minimum atomic E-state index is 0. The van der Waals surface area contributed by atoms with Crippen molar-refractivity contribution in [2.24, 2.45) is 0 Å². The topological polar surface area (TPSA) is 3.24 Å². The van der Waals surface area contributed by atoms with E-state index in [0.717, 1.165) is 19.5 Å². The first-order chi connectivity index (χ1) is 10.7. The zero-order chi connectivity index (χ0) is 15.8. The molecule has 2 aromatic rings. The molecule has 1 nitrogen and oxygen atoms in total. The number of nitrogens with zero attached hydrogens (tertiary/aromatic N) is 1. The van der Waals surface area contributed by atoms with Crippen LogP contribution in [0.5, 0.6) is 0 Å². The molecule has 0 saturated carbocycles. The van der Waals surface area contributed by atoms with Crippen molar-refractivity contribution in [2.45, 2.75) is 19.4 Å². The van der Waals surface area contributed by atoms with Gasteiger partial charge in [-0.15, -0.1) is 35.6 Å². The SMILES string of the molecule is Cc1cccc(CC(c2ccccc2)N(CCCl)CCCl)c1.Cl. The molecular weight excluding hydrogens is 349 g/mol. The zero-order valence-corrected chi connectivity index (χ0v) is 15.7. The van der Waals surface area contributed by atoms with Gasteiger partial charge in [0.05, 0.1) is 0 Å². The van der Waals surface area contributed by atoms with Gasteiger partial charge in [0, 0.05) is 30.9 Å². The lowest BCUT2D eigenvalue weighted by molar-refractivity contribution is 0.220. The molecule has 0 saturated heterocycles. The van der Waals surface area contributed by atoms with E-state index >= 15 is 0 Å². The zero-order valence-electron chi connectivity index (χ0n) is 13.4. The van der Waals surface area contributed by atoms with Crippen molar-refractivity contribution in [1.29, 1.82) is 0 Å². The predicted octanol–water partition coefficient (Wildman–Crippen LogP) is 5.48. The van der Waals surface area contributed by atoms with Crippen molar-refractivity contribution in [1.82, 2.24) is 4.90 Å². The van der Waals surface area contributed by atoms with Gasteiger partial charge in [-0.1, -0.05) is 60.2 Å². The lowest BCUT2D eigenvalue weighted by atomic mass is 9.96. The van der Waals surface area contributed by atoms with E-state index in [-0.39, 0.29) is 12.4 Å². The van der Waals surface area contributed by atoms with Gasteiger partial charge in [-0.25, -0.2) is 0 Å². The number of alkyl halides is 2. The Morgan fingerprint density at radius 3 is 2.13 bits per heavy atom. The van der Waals surface area contributed by atoms with Crippen LogP contribution in [0.15, 0.2) is 54.6 Å². The summed E-state index contributed by atoms with van der Waals surface area (Å²) in [6, 6.07) is 19.7. The summed E-state index contributed by atoms with van der Waals surface area (Å²) in [4.78, 5) is 2.39. The Morgan fingerprint density at radius 2 is 1.57 bits per heavy atom. The lowest BCUT2D eigenvalue weighted by Gasteiger charge is -2.31. The second kappa shape index (κ2) is 10.9. The average molecular weight is 373 g/mol. The molecule has 1 atom stereocenters. The molecule has 2 aromatic carbocycles. The third-order valence-electron chi connectivity index (χ3n) is 3.88. The van der Waals surface area contributed by atoms with Crippen LogP contribution in [-0.4, -0.2) is 29.7 Å². The van der Waals surface area contributed by atoms with E-state index in [9.17, 15) is 0 Å². The second-order valence-electron chi connectivity index (χ2n) is 5.53.